The van der Waals surface area contributed by atoms with Gasteiger partial charge in [-0.2, -0.15) is 10.4 Å². The molecule has 2 aromatic heterocycles. The Bertz CT molecular complexity index is 939. The van der Waals surface area contributed by atoms with Gasteiger partial charge in [-0.25, -0.2) is 0 Å². The van der Waals surface area contributed by atoms with Gasteiger partial charge in [0, 0.05) is 30.1 Å². The van der Waals surface area contributed by atoms with Gasteiger partial charge >= 0.3 is 0 Å². The van der Waals surface area contributed by atoms with E-state index in [9.17, 15) is 4.79 Å². The van der Waals surface area contributed by atoms with E-state index in [4.69, 9.17) is 5.26 Å². The Morgan fingerprint density at radius 1 is 1.32 bits per heavy atom. The largest absolute Gasteiger partial charge is 0.319 e. The number of nitrogens with zero attached hydrogens (tertiary/aromatic N) is 4. The zero-order chi connectivity index (χ0) is 17.6. The van der Waals surface area contributed by atoms with Gasteiger partial charge in [0.1, 0.15) is 0 Å². The second-order valence-electron chi connectivity index (χ2n) is 5.57. The van der Waals surface area contributed by atoms with Crippen molar-refractivity contribution in [3.63, 3.8) is 0 Å². The lowest BCUT2D eigenvalue weighted by atomic mass is 10.1. The van der Waals surface area contributed by atoms with Crippen LogP contribution in [-0.4, -0.2) is 20.7 Å². The molecule has 3 rings (SSSR count). The van der Waals surface area contributed by atoms with E-state index in [2.05, 4.69) is 28.4 Å². The predicted molar refractivity (Wildman–Crippen MR) is 94.9 cm³/mol. The minimum Gasteiger partial charge on any atom is -0.319 e. The molecule has 124 valence electrons. The van der Waals surface area contributed by atoms with Gasteiger partial charge in [-0.05, 0) is 30.7 Å². The van der Waals surface area contributed by atoms with Crippen LogP contribution in [0.15, 0.2) is 55.0 Å². The number of pyridine rings is 1. The first kappa shape index (κ1) is 16.4. The fourth-order valence-corrected chi connectivity index (χ4v) is 2.46. The third kappa shape index (κ3) is 3.90. The first-order valence-electron chi connectivity index (χ1n) is 8.00. The molecule has 2 heterocycles. The zero-order valence-corrected chi connectivity index (χ0v) is 13.8. The molecule has 0 aliphatic carbocycles. The topological polar surface area (TPSA) is 83.6 Å². The van der Waals surface area contributed by atoms with Gasteiger partial charge in [0.05, 0.1) is 29.2 Å². The molecule has 0 atom stereocenters. The second-order valence-corrected chi connectivity index (χ2v) is 5.57. The summed E-state index contributed by atoms with van der Waals surface area (Å²) in [6.07, 6.45) is 6.01. The van der Waals surface area contributed by atoms with Crippen LogP contribution in [0.5, 0.6) is 0 Å². The molecule has 1 N–H and O–H groups in total. The van der Waals surface area contributed by atoms with Crippen molar-refractivity contribution < 1.29 is 4.79 Å². The number of hydrogen-bond donors (Lipinski definition) is 1. The second kappa shape index (κ2) is 7.41. The minimum absolute atomic E-state index is 0.214. The highest BCUT2D eigenvalue weighted by molar-refractivity contribution is 6.04. The maximum atomic E-state index is 12.5. The maximum absolute atomic E-state index is 12.5. The average Bonchev–Trinajstić information content (AvgIpc) is 3.09. The van der Waals surface area contributed by atoms with E-state index in [1.165, 1.54) is 0 Å². The van der Waals surface area contributed by atoms with Crippen molar-refractivity contribution in [3.8, 4) is 17.3 Å². The molecule has 6 heteroatoms. The molecule has 6 nitrogen and oxygen atoms in total. The molecule has 0 radical (unpaired) electrons. The molecule has 0 bridgehead atoms. The molecule has 0 saturated carbocycles. The monoisotopic (exact) mass is 331 g/mol. The van der Waals surface area contributed by atoms with Crippen LogP contribution in [0, 0.1) is 11.3 Å². The highest BCUT2D eigenvalue weighted by Crippen LogP contribution is 2.20. The van der Waals surface area contributed by atoms with E-state index in [-0.39, 0.29) is 5.91 Å². The van der Waals surface area contributed by atoms with Crippen molar-refractivity contribution >= 4 is 11.6 Å². The van der Waals surface area contributed by atoms with Crippen LogP contribution in [0.1, 0.15) is 29.3 Å². The molecule has 3 aromatic rings. The molecule has 25 heavy (non-hydrogen) atoms. The highest BCUT2D eigenvalue weighted by Gasteiger charge is 2.10. The normalized spacial score (nSPS) is 10.2. The Morgan fingerprint density at radius 3 is 3.00 bits per heavy atom. The molecular weight excluding hydrogens is 314 g/mol. The van der Waals surface area contributed by atoms with Gasteiger partial charge in [0.2, 0.25) is 0 Å². The van der Waals surface area contributed by atoms with Gasteiger partial charge in [0.25, 0.3) is 5.91 Å². The van der Waals surface area contributed by atoms with Gasteiger partial charge in [-0.3, -0.25) is 14.5 Å². The number of benzene rings is 1. The summed E-state index contributed by atoms with van der Waals surface area (Å²) in [5.74, 6) is -0.214. The smallest absolute Gasteiger partial charge is 0.255 e. The molecule has 1 amide bonds. The van der Waals surface area contributed by atoms with Crippen LogP contribution in [-0.2, 0) is 6.54 Å². The fourth-order valence-electron chi connectivity index (χ4n) is 2.46. The van der Waals surface area contributed by atoms with Crippen LogP contribution in [0.4, 0.5) is 5.69 Å². The third-order valence-corrected chi connectivity index (χ3v) is 3.65. The number of rotatable bonds is 5. The summed E-state index contributed by atoms with van der Waals surface area (Å²) in [5, 5.41) is 16.0. The van der Waals surface area contributed by atoms with Crippen LogP contribution in [0.2, 0.25) is 0 Å². The van der Waals surface area contributed by atoms with E-state index < -0.39 is 0 Å². The van der Waals surface area contributed by atoms with E-state index in [0.29, 0.717) is 22.5 Å². The van der Waals surface area contributed by atoms with Crippen LogP contribution in [0.25, 0.3) is 11.3 Å². The van der Waals surface area contributed by atoms with Crippen molar-refractivity contribution in [2.24, 2.45) is 0 Å². The molecule has 0 fully saturated rings. The molecular formula is C19H17N5O. The molecule has 0 saturated heterocycles. The Balaban J connectivity index is 1.80. The molecule has 1 aromatic carbocycles. The lowest BCUT2D eigenvalue weighted by Crippen LogP contribution is -2.11. The van der Waals surface area contributed by atoms with E-state index >= 15 is 0 Å². The number of aromatic nitrogens is 3. The van der Waals surface area contributed by atoms with Crippen LogP contribution >= 0.6 is 0 Å². The fraction of sp³-hybridized carbons (Fsp3) is 0.158. The summed E-state index contributed by atoms with van der Waals surface area (Å²) < 4.78 is 1.79. The van der Waals surface area contributed by atoms with Crippen molar-refractivity contribution in [3.05, 3.63) is 66.1 Å². The Hall–Kier alpha value is -3.46. The van der Waals surface area contributed by atoms with Gasteiger partial charge in [-0.15, -0.1) is 0 Å². The van der Waals surface area contributed by atoms with Gasteiger partial charge in [0.15, 0.2) is 0 Å². The summed E-state index contributed by atoms with van der Waals surface area (Å²) in [5.41, 5.74) is 3.15. The molecule has 0 unspecified atom stereocenters. The highest BCUT2D eigenvalue weighted by atomic mass is 16.1. The number of aryl methyl sites for hydroxylation is 1. The molecule has 0 spiro atoms. The van der Waals surface area contributed by atoms with E-state index in [1.54, 1.807) is 47.4 Å². The van der Waals surface area contributed by atoms with E-state index in [1.807, 2.05) is 12.3 Å². The number of carbonyl (C=O) groups is 1. The number of hydrogen-bond acceptors (Lipinski definition) is 4. The Labute approximate surface area is 145 Å². The third-order valence-electron chi connectivity index (χ3n) is 3.65. The Kier molecular flexibility index (Phi) is 4.86. The predicted octanol–water partition coefficient (Wildman–Crippen LogP) is 3.48. The minimum atomic E-state index is -0.214. The van der Waals surface area contributed by atoms with Gasteiger partial charge < -0.3 is 5.32 Å². The standard InChI is InChI=1S/C19H17N5O/c1-2-8-24-13-17(12-22-24)23-19(25)16-5-3-4-15(10-16)18-9-14(11-20)6-7-21-18/h3-7,9-10,12-13H,2,8H2,1H3,(H,23,25). The quantitative estimate of drug-likeness (QED) is 0.776. The van der Waals surface area contributed by atoms with Crippen LogP contribution in [0.3, 0.4) is 0 Å². The Morgan fingerprint density at radius 2 is 2.20 bits per heavy atom. The average molecular weight is 331 g/mol. The molecule has 0 aliphatic rings. The number of nitrogens with one attached hydrogen (secondary N) is 1. The zero-order valence-electron chi connectivity index (χ0n) is 13.8. The van der Waals surface area contributed by atoms with Crippen molar-refractivity contribution in [1.82, 2.24) is 14.8 Å². The van der Waals surface area contributed by atoms with Crippen molar-refractivity contribution in [1.29, 1.82) is 5.26 Å². The first-order valence-corrected chi connectivity index (χ1v) is 8.00. The summed E-state index contributed by atoms with van der Waals surface area (Å²) in [7, 11) is 0. The van der Waals surface area contributed by atoms with Gasteiger partial charge in [-0.1, -0.05) is 19.1 Å². The van der Waals surface area contributed by atoms with Crippen molar-refractivity contribution in [2.75, 3.05) is 5.32 Å². The summed E-state index contributed by atoms with van der Waals surface area (Å²) >= 11 is 0. The number of amides is 1. The SMILES string of the molecule is CCCn1cc(NC(=O)c2cccc(-c3cc(C#N)ccn3)c2)cn1. The van der Waals surface area contributed by atoms with Crippen molar-refractivity contribution in [2.45, 2.75) is 19.9 Å². The number of anilines is 1. The maximum Gasteiger partial charge on any atom is 0.255 e. The first-order chi connectivity index (χ1) is 12.2. The lowest BCUT2D eigenvalue weighted by Gasteiger charge is -2.06. The van der Waals surface area contributed by atoms with E-state index in [0.717, 1.165) is 18.5 Å². The summed E-state index contributed by atoms with van der Waals surface area (Å²) in [6, 6.07) is 12.6. The molecule has 0 aliphatic heterocycles. The number of nitriles is 1. The summed E-state index contributed by atoms with van der Waals surface area (Å²) in [6.45, 7) is 2.88. The lowest BCUT2D eigenvalue weighted by molar-refractivity contribution is 0.102. The van der Waals surface area contributed by atoms with Crippen LogP contribution < -0.4 is 5.32 Å². The number of carbonyl (C=O) groups excluding carboxylic acids is 1. The summed E-state index contributed by atoms with van der Waals surface area (Å²) in [4.78, 5) is 16.7.